The number of anilines is 2. The van der Waals surface area contributed by atoms with Crippen LogP contribution in [0.1, 0.15) is 37.8 Å². The molecule has 2 fully saturated rings. The second-order valence-corrected chi connectivity index (χ2v) is 9.04. The summed E-state index contributed by atoms with van der Waals surface area (Å²) >= 11 is 0. The Morgan fingerprint density at radius 2 is 1.94 bits per heavy atom. The molecule has 1 atom stereocenters. The Morgan fingerprint density at radius 1 is 1.09 bits per heavy atom. The van der Waals surface area contributed by atoms with E-state index in [1.54, 1.807) is 12.4 Å². The molecule has 0 bridgehead atoms. The number of fused-ring (bicyclic) bond motifs is 2. The number of aromatic nitrogens is 5. The predicted molar refractivity (Wildman–Crippen MR) is 127 cm³/mol. The largest absolute Gasteiger partial charge is 0.362 e. The van der Waals surface area contributed by atoms with Gasteiger partial charge >= 0.3 is 0 Å². The minimum absolute atomic E-state index is 0.179. The zero-order valence-electron chi connectivity index (χ0n) is 18.6. The molecule has 1 aromatic carbocycles. The van der Waals surface area contributed by atoms with Gasteiger partial charge in [-0.05, 0) is 49.6 Å². The fourth-order valence-electron chi connectivity index (χ4n) is 4.86. The Hall–Kier alpha value is -3.33. The Morgan fingerprint density at radius 3 is 2.73 bits per heavy atom. The maximum Gasteiger partial charge on any atom is 0.182 e. The van der Waals surface area contributed by atoms with E-state index >= 15 is 0 Å². The molecular weight excluding hydrogens is 419 g/mol. The van der Waals surface area contributed by atoms with Crippen LogP contribution in [0.4, 0.5) is 16.0 Å². The topological polar surface area (TPSA) is 85.9 Å². The van der Waals surface area contributed by atoms with Gasteiger partial charge in [-0.25, -0.2) is 24.3 Å². The van der Waals surface area contributed by atoms with E-state index < -0.39 is 0 Å². The first-order chi connectivity index (χ1) is 16.2. The number of aromatic amines is 1. The lowest BCUT2D eigenvalue weighted by molar-refractivity contribution is 0.120. The van der Waals surface area contributed by atoms with Gasteiger partial charge in [0, 0.05) is 37.6 Å². The van der Waals surface area contributed by atoms with Gasteiger partial charge in [-0.3, -0.25) is 4.90 Å². The van der Waals surface area contributed by atoms with Crippen LogP contribution in [0.25, 0.3) is 22.1 Å². The summed E-state index contributed by atoms with van der Waals surface area (Å²) in [4.78, 5) is 25.5. The zero-order chi connectivity index (χ0) is 22.4. The van der Waals surface area contributed by atoms with Crippen molar-refractivity contribution in [2.75, 3.05) is 36.4 Å². The van der Waals surface area contributed by atoms with Crippen LogP contribution in [-0.2, 0) is 0 Å². The van der Waals surface area contributed by atoms with E-state index in [1.807, 2.05) is 25.1 Å². The van der Waals surface area contributed by atoms with Crippen molar-refractivity contribution >= 4 is 33.7 Å². The molecule has 4 heterocycles. The highest BCUT2D eigenvalue weighted by Crippen LogP contribution is 2.29. The fraction of sp³-hybridized carbons (Fsp3) is 0.417. The van der Waals surface area contributed by atoms with E-state index in [4.69, 9.17) is 4.98 Å². The number of benzene rings is 1. The van der Waals surface area contributed by atoms with Crippen molar-refractivity contribution in [1.82, 2.24) is 29.8 Å². The third kappa shape index (κ3) is 3.76. The molecule has 1 aliphatic heterocycles. The Kier molecular flexibility index (Phi) is 5.05. The van der Waals surface area contributed by atoms with Gasteiger partial charge in [0.15, 0.2) is 11.5 Å². The highest BCUT2D eigenvalue weighted by Gasteiger charge is 2.28. The quantitative estimate of drug-likeness (QED) is 0.481. The summed E-state index contributed by atoms with van der Waals surface area (Å²) in [5, 5.41) is 3.89. The summed E-state index contributed by atoms with van der Waals surface area (Å²) in [7, 11) is 0. The number of rotatable bonds is 5. The second kappa shape index (κ2) is 8.22. The van der Waals surface area contributed by atoms with Crippen molar-refractivity contribution < 1.29 is 4.39 Å². The molecule has 4 aromatic rings. The van der Waals surface area contributed by atoms with E-state index in [-0.39, 0.29) is 11.9 Å². The number of imidazole rings is 1. The van der Waals surface area contributed by atoms with Crippen LogP contribution in [0.5, 0.6) is 0 Å². The van der Waals surface area contributed by atoms with Crippen LogP contribution in [0, 0.1) is 5.82 Å². The molecule has 6 rings (SSSR count). The molecule has 3 aromatic heterocycles. The fourth-order valence-corrected chi connectivity index (χ4v) is 4.86. The van der Waals surface area contributed by atoms with Crippen LogP contribution in [0.2, 0.25) is 0 Å². The molecule has 2 aliphatic rings. The molecule has 1 unspecified atom stereocenters. The molecule has 1 saturated heterocycles. The summed E-state index contributed by atoms with van der Waals surface area (Å²) in [6.45, 7) is 6.04. The summed E-state index contributed by atoms with van der Waals surface area (Å²) in [5.41, 5.74) is 2.80. The maximum atomic E-state index is 15.0. The zero-order valence-corrected chi connectivity index (χ0v) is 18.6. The first-order valence-electron chi connectivity index (χ1n) is 11.7. The van der Waals surface area contributed by atoms with Crippen LogP contribution in [-0.4, -0.2) is 62.0 Å². The van der Waals surface area contributed by atoms with E-state index in [2.05, 4.69) is 35.1 Å². The number of nitrogens with zero attached hydrogens (tertiary/aromatic N) is 6. The second-order valence-electron chi connectivity index (χ2n) is 9.04. The van der Waals surface area contributed by atoms with Gasteiger partial charge in [-0.2, -0.15) is 0 Å². The van der Waals surface area contributed by atoms with E-state index in [0.29, 0.717) is 22.4 Å². The van der Waals surface area contributed by atoms with Gasteiger partial charge in [0.05, 0.1) is 17.9 Å². The van der Waals surface area contributed by atoms with Crippen molar-refractivity contribution in [2.24, 2.45) is 0 Å². The van der Waals surface area contributed by atoms with Gasteiger partial charge in [0.25, 0.3) is 0 Å². The lowest BCUT2D eigenvalue weighted by atomic mass is 9.91. The van der Waals surface area contributed by atoms with Crippen molar-refractivity contribution in [3.8, 4) is 0 Å². The molecule has 0 radical (unpaired) electrons. The van der Waals surface area contributed by atoms with Crippen LogP contribution >= 0.6 is 0 Å². The first kappa shape index (κ1) is 20.3. The highest BCUT2D eigenvalue weighted by atomic mass is 19.1. The summed E-state index contributed by atoms with van der Waals surface area (Å²) in [6.07, 6.45) is 7.09. The van der Waals surface area contributed by atoms with Crippen molar-refractivity contribution in [2.45, 2.75) is 38.3 Å². The third-order valence-electron chi connectivity index (χ3n) is 7.07. The summed E-state index contributed by atoms with van der Waals surface area (Å²) < 4.78 is 15.0. The van der Waals surface area contributed by atoms with Crippen LogP contribution in [0.15, 0.2) is 36.9 Å². The van der Waals surface area contributed by atoms with E-state index in [0.717, 1.165) is 49.1 Å². The lowest BCUT2D eigenvalue weighted by Gasteiger charge is -2.43. The van der Waals surface area contributed by atoms with Crippen LogP contribution < -0.4 is 10.2 Å². The highest BCUT2D eigenvalue weighted by molar-refractivity contribution is 5.83. The molecule has 9 heteroatoms. The number of halogens is 1. The number of piperazine rings is 1. The number of H-pyrrole nitrogens is 1. The van der Waals surface area contributed by atoms with Crippen molar-refractivity contribution in [3.05, 3.63) is 48.3 Å². The molecule has 0 amide bonds. The molecule has 2 N–H and O–H groups in total. The molecule has 170 valence electrons. The number of pyridine rings is 1. The van der Waals surface area contributed by atoms with E-state index in [9.17, 15) is 4.39 Å². The number of hydrogen-bond acceptors (Lipinski definition) is 7. The predicted octanol–water partition coefficient (Wildman–Crippen LogP) is 3.89. The summed E-state index contributed by atoms with van der Waals surface area (Å²) in [6, 6.07) is 7.94. The molecular formula is C24H27FN8. The average Bonchev–Trinajstić information content (AvgIpc) is 3.28. The number of hydrogen-bond donors (Lipinski definition) is 2. The first-order valence-corrected chi connectivity index (χ1v) is 11.7. The molecule has 1 saturated carbocycles. The standard InChI is InChI=1S/C24H27FN8/c1-15(30-24-22-23(27-13-26-22)28-14-29-24)16-11-19(25)18-5-6-21(31-20(18)12-16)33-9-7-32(8-10-33)17-3-2-4-17/h5-6,11-15,17H,2-4,7-10H2,1H3,(H2,26,27,28,29,30). The normalized spacial score (nSPS) is 18.5. The SMILES string of the molecule is CC(Nc1ncnc2nc[nH]c12)c1cc(F)c2ccc(N3CCN(C4CCC4)CC3)nc2c1. The van der Waals surface area contributed by atoms with Crippen LogP contribution in [0.3, 0.4) is 0 Å². The Labute approximate surface area is 191 Å². The third-order valence-corrected chi connectivity index (χ3v) is 7.07. The average molecular weight is 447 g/mol. The van der Waals surface area contributed by atoms with Gasteiger partial charge in [0.2, 0.25) is 0 Å². The van der Waals surface area contributed by atoms with E-state index in [1.165, 1.54) is 25.6 Å². The maximum absolute atomic E-state index is 15.0. The van der Waals surface area contributed by atoms with Gasteiger partial charge in [-0.1, -0.05) is 6.42 Å². The Balaban J connectivity index is 1.24. The van der Waals surface area contributed by atoms with Crippen molar-refractivity contribution in [1.29, 1.82) is 0 Å². The minimum Gasteiger partial charge on any atom is -0.362 e. The van der Waals surface area contributed by atoms with Gasteiger partial charge in [-0.15, -0.1) is 0 Å². The minimum atomic E-state index is -0.264. The van der Waals surface area contributed by atoms with Crippen molar-refractivity contribution in [3.63, 3.8) is 0 Å². The van der Waals surface area contributed by atoms with Gasteiger partial charge in [0.1, 0.15) is 23.5 Å². The lowest BCUT2D eigenvalue weighted by Crippen LogP contribution is -2.52. The Bertz CT molecular complexity index is 1290. The monoisotopic (exact) mass is 446 g/mol. The molecule has 1 aliphatic carbocycles. The molecule has 33 heavy (non-hydrogen) atoms. The number of nitrogens with one attached hydrogen (secondary N) is 2. The molecule has 8 nitrogen and oxygen atoms in total. The van der Waals surface area contributed by atoms with Gasteiger partial charge < -0.3 is 15.2 Å². The summed E-state index contributed by atoms with van der Waals surface area (Å²) in [5.74, 6) is 1.29. The smallest absolute Gasteiger partial charge is 0.182 e. The molecule has 0 spiro atoms.